The summed E-state index contributed by atoms with van der Waals surface area (Å²) in [4.78, 5) is 28.4. The summed E-state index contributed by atoms with van der Waals surface area (Å²) in [5, 5.41) is 13.9. The fourth-order valence-corrected chi connectivity index (χ4v) is 14.4. The number of piperazine rings is 3. The Morgan fingerprint density at radius 1 is 0.358 bits per heavy atom. The van der Waals surface area contributed by atoms with E-state index in [4.69, 9.17) is 17.2 Å². The standard InChI is InChI=1S/C21H36N4.C21H30N4.C20H36N4O2S.C19H28N6.3C4H10O2S/c22-13-3-1-4-14-23-19-7-9-20(10-8-19)25-17-11-21(12-18-25)24-15-5-2-6-16-24;22-13-5-2-6-14-23-19-9-11-21(12-10-19)25-17-15-24(16-18-25)20-7-3-1-4-8-20;1-20(2,3)27(25,26)22-13-7-5-6-12-21-18-8-10-19(11-9-18)24-16-14-23(4)15-17-24;20-9-2-1-3-10-21-17-5-7-18(8-6-17)24-13-15-25(16-14-24)19-22-11-4-12-23-19;3*1-4(2,3)7(5)6/h7-10,21,23H,1-6,11-18,22H2;1,3-4,7-12,23H,2,5-6,13-18,22H2;8-11,21-22H,5-7,12-17H2,1-4H3;4-8,11-12,21H,1-3,9-10,13-16,20H2;3*1-3H3,(H,5,6)/p-3. The lowest BCUT2D eigenvalue weighted by Gasteiger charge is -2.41. The maximum absolute atomic E-state index is 12.0. The number of nitrogens with one attached hydrogen (secondary N) is 5. The van der Waals surface area contributed by atoms with E-state index in [1.54, 1.807) is 95.5 Å². The third-order valence-corrected chi connectivity index (χ3v) is 26.9. The van der Waals surface area contributed by atoms with Crippen LogP contribution < -0.4 is 72.6 Å². The predicted octanol–water partition coefficient (Wildman–Crippen LogP) is 14.3. The van der Waals surface area contributed by atoms with E-state index in [-0.39, 0.29) is 0 Å². The van der Waals surface area contributed by atoms with Crippen LogP contribution in [0.25, 0.3) is 0 Å². The number of anilines is 10. The number of unbranched alkanes of at least 4 members (excludes halogenated alkanes) is 8. The molecule has 694 valence electrons. The van der Waals surface area contributed by atoms with E-state index >= 15 is 0 Å². The highest BCUT2D eigenvalue weighted by molar-refractivity contribution is 7.90. The average Bonchev–Trinajstić information content (AvgIpc) is 0.854. The number of hydrogen-bond acceptors (Lipinski definition) is 25. The van der Waals surface area contributed by atoms with E-state index in [0.717, 1.165) is 181 Å². The Hall–Kier alpha value is -6.78. The van der Waals surface area contributed by atoms with Gasteiger partial charge in [0.25, 0.3) is 0 Å². The SMILES string of the molecule is CC(C)(C)S(=O)[O-].CC(C)(C)S(=O)[O-].CC(C)(C)S(=O)[O-].CN1CCN(c2ccc(NCCCCCNS(=O)(=O)C(C)(C)C)cc2)CC1.NCCCCCNc1ccc(N2CCC(N3CCCCC3)CC2)cc1.NCCCCCNc1ccc(N2CCN(c3ccccc3)CC2)cc1.NCCCCCNc1ccc(N2CCN(c3ncccn3)CC2)cc1. The van der Waals surface area contributed by atoms with Gasteiger partial charge in [-0.1, -0.05) is 50.3 Å². The lowest BCUT2D eigenvalue weighted by molar-refractivity contribution is 0.141. The Bertz CT molecular complexity index is 3730. The van der Waals surface area contributed by atoms with Crippen molar-refractivity contribution in [2.75, 3.05) is 215 Å². The zero-order chi connectivity index (χ0) is 90.1. The molecule has 0 radical (unpaired) electrons. The molecule has 0 spiro atoms. The van der Waals surface area contributed by atoms with E-state index in [2.05, 4.69) is 210 Å². The highest BCUT2D eigenvalue weighted by Crippen LogP contribution is 2.29. The van der Waals surface area contributed by atoms with Crippen molar-refractivity contribution in [3.05, 3.63) is 146 Å². The number of likely N-dealkylation sites (tertiary alicyclic amines) is 1. The number of benzene rings is 5. The van der Waals surface area contributed by atoms with E-state index in [0.29, 0.717) is 6.54 Å². The van der Waals surface area contributed by atoms with Crippen molar-refractivity contribution in [3.8, 4) is 0 Å². The summed E-state index contributed by atoms with van der Waals surface area (Å²) in [6.45, 7) is 44.5. The predicted molar refractivity (Wildman–Crippen MR) is 523 cm³/mol. The molecule has 5 aliphatic heterocycles. The van der Waals surface area contributed by atoms with Crippen LogP contribution >= 0.6 is 0 Å². The van der Waals surface area contributed by atoms with Crippen molar-refractivity contribution >= 4 is 100 Å². The van der Waals surface area contributed by atoms with Gasteiger partial charge in [-0.05, 0) is 348 Å². The number of nitrogens with two attached hydrogens (primary N) is 3. The molecule has 0 bridgehead atoms. The van der Waals surface area contributed by atoms with Crippen molar-refractivity contribution in [3.63, 3.8) is 0 Å². The molecular weight excluding hydrogens is 1630 g/mol. The number of sulfonamides is 1. The minimum Gasteiger partial charge on any atom is -0.772 e. The topological polar surface area (TPSA) is 344 Å². The van der Waals surface area contributed by atoms with Gasteiger partial charge in [0.05, 0.1) is 4.75 Å². The summed E-state index contributed by atoms with van der Waals surface area (Å²) < 4.78 is 84.2. The highest BCUT2D eigenvalue weighted by atomic mass is 32.2. The van der Waals surface area contributed by atoms with Gasteiger partial charge < -0.3 is 91.3 Å². The molecular formula is C93H157N18O8S4-3. The summed E-state index contributed by atoms with van der Waals surface area (Å²) in [7, 11) is -1.05. The molecule has 5 aliphatic rings. The number of para-hydroxylation sites is 1. The van der Waals surface area contributed by atoms with Gasteiger partial charge in [-0.3, -0.25) is 12.6 Å². The first-order valence-electron chi connectivity index (χ1n) is 45.1. The Kier molecular flexibility index (Phi) is 50.2. The third-order valence-electron chi connectivity index (χ3n) is 21.7. The first-order valence-corrected chi connectivity index (χ1v) is 49.8. The Morgan fingerprint density at radius 2 is 0.634 bits per heavy atom. The maximum atomic E-state index is 12.0. The minimum absolute atomic E-state index is 0.513. The van der Waals surface area contributed by atoms with Crippen LogP contribution in [0, 0.1) is 0 Å². The molecule has 6 heterocycles. The van der Waals surface area contributed by atoms with Gasteiger partial charge >= 0.3 is 0 Å². The van der Waals surface area contributed by atoms with Gasteiger partial charge in [0.2, 0.25) is 16.0 Å². The van der Waals surface area contributed by atoms with Gasteiger partial charge in [-0.25, -0.2) is 23.1 Å². The van der Waals surface area contributed by atoms with Crippen LogP contribution in [-0.4, -0.2) is 244 Å². The number of nitrogens with zero attached hydrogens (tertiary/aromatic N) is 10. The second-order valence-corrected chi connectivity index (χ2v) is 43.6. The Labute approximate surface area is 749 Å². The van der Waals surface area contributed by atoms with Crippen molar-refractivity contribution in [1.29, 1.82) is 0 Å². The fourth-order valence-electron chi connectivity index (χ4n) is 13.6. The van der Waals surface area contributed by atoms with E-state index in [9.17, 15) is 34.7 Å². The molecule has 26 nitrogen and oxygen atoms in total. The molecule has 3 atom stereocenters. The van der Waals surface area contributed by atoms with Gasteiger partial charge in [-0.2, -0.15) is 0 Å². The lowest BCUT2D eigenvalue weighted by Crippen LogP contribution is -2.47. The normalized spacial score (nSPS) is 16.4. The largest absolute Gasteiger partial charge is 0.772 e. The van der Waals surface area contributed by atoms with Crippen molar-refractivity contribution in [1.82, 2.24) is 24.5 Å². The van der Waals surface area contributed by atoms with Gasteiger partial charge in [0.1, 0.15) is 0 Å². The zero-order valence-corrected chi connectivity index (χ0v) is 80.3. The smallest absolute Gasteiger partial charge is 0.225 e. The molecule has 0 amide bonds. The van der Waals surface area contributed by atoms with Crippen LogP contribution in [0.4, 0.5) is 57.1 Å². The first kappa shape index (κ1) is 107. The van der Waals surface area contributed by atoms with Gasteiger partial charge in [0, 0.05) is 208 Å². The second-order valence-electron chi connectivity index (χ2n) is 36.0. The van der Waals surface area contributed by atoms with Crippen molar-refractivity contribution in [2.45, 2.75) is 217 Å². The average molecular weight is 1780 g/mol. The molecule has 6 aromatic rings. The van der Waals surface area contributed by atoms with E-state index in [1.165, 1.54) is 142 Å². The van der Waals surface area contributed by atoms with E-state index in [1.807, 2.05) is 6.07 Å². The summed E-state index contributed by atoms with van der Waals surface area (Å²) in [5.41, 5.74) is 27.9. The Morgan fingerprint density at radius 3 is 0.935 bits per heavy atom. The number of rotatable bonds is 33. The zero-order valence-electron chi connectivity index (χ0n) is 77.0. The molecule has 3 unspecified atom stereocenters. The maximum Gasteiger partial charge on any atom is 0.225 e. The summed E-state index contributed by atoms with van der Waals surface area (Å²) >= 11 is -5.80. The monoisotopic (exact) mass is 1780 g/mol. The quantitative estimate of drug-likeness (QED) is 0.0140. The number of hydrogen-bond donors (Lipinski definition) is 8. The van der Waals surface area contributed by atoms with Crippen LogP contribution in [0.2, 0.25) is 0 Å². The molecule has 5 fully saturated rings. The number of aromatic nitrogens is 2. The van der Waals surface area contributed by atoms with Gasteiger partial charge in [0.15, 0.2) is 0 Å². The first-order chi connectivity index (χ1) is 58.6. The molecule has 11 rings (SSSR count). The molecule has 1 aromatic heterocycles. The molecule has 0 saturated carbocycles. The summed E-state index contributed by atoms with van der Waals surface area (Å²) in [6, 6.07) is 48.7. The van der Waals surface area contributed by atoms with E-state index < -0.39 is 62.3 Å². The minimum atomic E-state index is -3.22. The van der Waals surface area contributed by atoms with Gasteiger partial charge in [-0.15, -0.1) is 0 Å². The van der Waals surface area contributed by atoms with Crippen LogP contribution in [0.5, 0.6) is 0 Å². The van der Waals surface area contributed by atoms with Crippen molar-refractivity contribution < 1.29 is 34.7 Å². The van der Waals surface area contributed by atoms with Crippen molar-refractivity contribution in [2.24, 2.45) is 17.2 Å². The fraction of sp³-hybridized carbons (Fsp3) is 0.634. The Balaban J connectivity index is 0.000000270. The molecule has 5 aromatic carbocycles. The summed E-state index contributed by atoms with van der Waals surface area (Å²) in [5.74, 6) is 0.830. The molecule has 11 N–H and O–H groups in total. The highest BCUT2D eigenvalue weighted by Gasteiger charge is 2.29. The van der Waals surface area contributed by atoms with Crippen LogP contribution in [0.1, 0.15) is 192 Å². The summed E-state index contributed by atoms with van der Waals surface area (Å²) in [6.07, 6.45) is 23.9. The third kappa shape index (κ3) is 43.5. The number of likely N-dealkylation sites (N-methyl/N-ethyl adjacent to an activating group) is 1. The van der Waals surface area contributed by atoms with Crippen LogP contribution in [0.3, 0.4) is 0 Å². The number of piperidine rings is 2. The molecule has 5 saturated heterocycles. The second kappa shape index (κ2) is 57.8. The van der Waals surface area contributed by atoms with Crippen LogP contribution in [-0.2, 0) is 43.3 Å². The van der Waals surface area contributed by atoms with Crippen LogP contribution in [0.15, 0.2) is 146 Å². The molecule has 123 heavy (non-hydrogen) atoms. The molecule has 30 heteroatoms. The molecule has 0 aliphatic carbocycles. The lowest BCUT2D eigenvalue weighted by atomic mass is 9.99.